The summed E-state index contributed by atoms with van der Waals surface area (Å²) < 4.78 is 23.3. The fourth-order valence-electron chi connectivity index (χ4n) is 0.999. The topological polar surface area (TPSA) is 95.6 Å². The van der Waals surface area contributed by atoms with Gasteiger partial charge in [-0.15, -0.1) is 0 Å². The summed E-state index contributed by atoms with van der Waals surface area (Å²) in [5.74, 6) is 4.35. The number of nitrogen functional groups attached to an aromatic ring is 1. The van der Waals surface area contributed by atoms with Crippen LogP contribution < -0.4 is 11.3 Å². The molecule has 1 aromatic rings. The Morgan fingerprint density at radius 1 is 1.53 bits per heavy atom. The fourth-order valence-corrected chi connectivity index (χ4v) is 1.63. The average Bonchev–Trinajstić information content (AvgIpc) is 2.20. The second kappa shape index (κ2) is 5.35. The van der Waals surface area contributed by atoms with Crippen molar-refractivity contribution in [1.29, 1.82) is 0 Å². The maximum absolute atomic E-state index is 13.2. The smallest absolute Gasteiger partial charge is 0.321 e. The lowest BCUT2D eigenvalue weighted by Gasteiger charge is -2.07. The van der Waals surface area contributed by atoms with E-state index in [9.17, 15) is 8.96 Å². The van der Waals surface area contributed by atoms with Crippen LogP contribution in [0.3, 0.4) is 0 Å². The summed E-state index contributed by atoms with van der Waals surface area (Å²) in [6.45, 7) is 0. The predicted molar refractivity (Wildman–Crippen MR) is 65.1 cm³/mol. The minimum absolute atomic E-state index is 0.0481. The van der Waals surface area contributed by atoms with Crippen LogP contribution in [0.15, 0.2) is 16.9 Å². The van der Waals surface area contributed by atoms with E-state index in [1.165, 1.54) is 6.07 Å². The molecule has 0 saturated heterocycles. The Bertz CT molecular complexity index is 518. The molecule has 0 spiro atoms. The van der Waals surface area contributed by atoms with Gasteiger partial charge in [0.15, 0.2) is 0 Å². The molecule has 17 heavy (non-hydrogen) atoms. The number of anilines is 1. The van der Waals surface area contributed by atoms with Gasteiger partial charge in [0.05, 0.1) is 10.7 Å². The third-order valence-corrected chi connectivity index (χ3v) is 3.58. The molecule has 0 saturated carbocycles. The third-order valence-electron chi connectivity index (χ3n) is 1.79. The molecule has 0 amide bonds. The van der Waals surface area contributed by atoms with Gasteiger partial charge in [0, 0.05) is 0 Å². The number of nitrogens with one attached hydrogen (secondary N) is 1. The van der Waals surface area contributed by atoms with Crippen molar-refractivity contribution in [2.75, 3.05) is 5.43 Å². The van der Waals surface area contributed by atoms with Crippen LogP contribution in [0.25, 0.3) is 6.08 Å². The van der Waals surface area contributed by atoms with Crippen molar-refractivity contribution in [2.24, 2.45) is 5.84 Å². The van der Waals surface area contributed by atoms with Gasteiger partial charge in [0.2, 0.25) is 0 Å². The number of hydrazine groups is 1. The van der Waals surface area contributed by atoms with E-state index in [1.807, 2.05) is 0 Å². The number of nitrogens with two attached hydrogens (primary N) is 1. The zero-order valence-corrected chi connectivity index (χ0v) is 10.6. The summed E-state index contributed by atoms with van der Waals surface area (Å²) >= 11 is 11.1. The zero-order chi connectivity index (χ0) is 13.2. The van der Waals surface area contributed by atoms with E-state index < -0.39 is 18.2 Å². The predicted octanol–water partition coefficient (Wildman–Crippen LogP) is 2.48. The molecule has 0 bridgehead atoms. The molecule has 5 N–H and O–H groups in total. The standard InChI is InChI=1S/C8H8Cl2FN2O3P/c9-5-3-6(11)7(13-12)1-4(5)2-8(10)17(14,15)16/h1-3,13H,12H2,(H2,14,15,16). The van der Waals surface area contributed by atoms with Gasteiger partial charge < -0.3 is 15.2 Å². The lowest BCUT2D eigenvalue weighted by Crippen LogP contribution is -2.08. The van der Waals surface area contributed by atoms with Gasteiger partial charge >= 0.3 is 7.60 Å². The first-order valence-corrected chi connectivity index (χ1v) is 6.51. The van der Waals surface area contributed by atoms with E-state index in [0.717, 1.165) is 12.1 Å². The summed E-state index contributed by atoms with van der Waals surface area (Å²) in [6, 6.07) is 2.13. The van der Waals surface area contributed by atoms with E-state index in [0.29, 0.717) is 0 Å². The van der Waals surface area contributed by atoms with Crippen LogP contribution in [0.5, 0.6) is 0 Å². The minimum atomic E-state index is -4.55. The highest BCUT2D eigenvalue weighted by molar-refractivity contribution is 7.59. The third kappa shape index (κ3) is 3.67. The number of benzene rings is 1. The summed E-state index contributed by atoms with van der Waals surface area (Å²) in [6.07, 6.45) is 0.949. The molecular weight excluding hydrogens is 293 g/mol. The van der Waals surface area contributed by atoms with Crippen LogP contribution in [-0.2, 0) is 4.57 Å². The average molecular weight is 301 g/mol. The number of halogens is 3. The lowest BCUT2D eigenvalue weighted by molar-refractivity contribution is 0.385. The Kier molecular flexibility index (Phi) is 4.55. The Morgan fingerprint density at radius 2 is 2.12 bits per heavy atom. The highest BCUT2D eigenvalue weighted by atomic mass is 35.5. The summed E-state index contributed by atoms with van der Waals surface area (Å²) in [4.78, 5) is 17.5. The van der Waals surface area contributed by atoms with Crippen LogP contribution in [0, 0.1) is 5.82 Å². The Hall–Kier alpha value is -0.620. The lowest BCUT2D eigenvalue weighted by atomic mass is 10.2. The molecule has 9 heteroatoms. The largest absolute Gasteiger partial charge is 0.367 e. The number of rotatable bonds is 3. The molecule has 94 valence electrons. The van der Waals surface area contributed by atoms with Crippen molar-refractivity contribution in [3.8, 4) is 0 Å². The van der Waals surface area contributed by atoms with Crippen molar-refractivity contribution in [3.63, 3.8) is 0 Å². The van der Waals surface area contributed by atoms with Crippen LogP contribution in [0.4, 0.5) is 10.1 Å². The molecule has 0 aliphatic carbocycles. The molecule has 1 aromatic carbocycles. The normalized spacial score (nSPS) is 12.7. The van der Waals surface area contributed by atoms with Crippen LogP contribution in [0.1, 0.15) is 5.56 Å². The number of hydrogen-bond donors (Lipinski definition) is 4. The summed E-state index contributed by atoms with van der Waals surface area (Å²) in [5, 5.41) is -0.0481. The van der Waals surface area contributed by atoms with Crippen LogP contribution in [0.2, 0.25) is 5.02 Å². The molecule has 5 nitrogen and oxygen atoms in total. The molecular formula is C8H8Cl2FN2O3P. The van der Waals surface area contributed by atoms with Crippen molar-refractivity contribution in [3.05, 3.63) is 33.3 Å². The van der Waals surface area contributed by atoms with Crippen molar-refractivity contribution in [2.45, 2.75) is 0 Å². The van der Waals surface area contributed by atoms with E-state index >= 15 is 0 Å². The molecule has 0 aliphatic rings. The quantitative estimate of drug-likeness (QED) is 0.391. The zero-order valence-electron chi connectivity index (χ0n) is 8.19. The van der Waals surface area contributed by atoms with E-state index in [2.05, 4.69) is 5.43 Å². The highest BCUT2D eigenvalue weighted by Crippen LogP contribution is 2.48. The maximum atomic E-state index is 13.2. The molecule has 0 unspecified atom stereocenters. The van der Waals surface area contributed by atoms with Crippen molar-refractivity contribution >= 4 is 42.6 Å². The monoisotopic (exact) mass is 300 g/mol. The first kappa shape index (κ1) is 14.4. The van der Waals surface area contributed by atoms with Crippen molar-refractivity contribution < 1.29 is 18.7 Å². The van der Waals surface area contributed by atoms with E-state index in [4.69, 9.17) is 38.8 Å². The molecule has 0 aliphatic heterocycles. The van der Waals surface area contributed by atoms with Gasteiger partial charge in [-0.25, -0.2) is 4.39 Å². The van der Waals surface area contributed by atoms with Crippen LogP contribution >= 0.6 is 30.8 Å². The molecule has 0 fully saturated rings. The van der Waals surface area contributed by atoms with Crippen LogP contribution in [-0.4, -0.2) is 9.79 Å². The first-order chi connectivity index (χ1) is 7.75. The van der Waals surface area contributed by atoms with Gasteiger partial charge in [-0.1, -0.05) is 23.2 Å². The Labute approximate surface area is 106 Å². The molecule has 0 radical (unpaired) electrons. The molecule has 0 heterocycles. The van der Waals surface area contributed by atoms with Gasteiger partial charge in [-0.3, -0.25) is 10.4 Å². The number of hydrogen-bond acceptors (Lipinski definition) is 3. The van der Waals surface area contributed by atoms with Gasteiger partial charge in [-0.2, -0.15) is 0 Å². The molecule has 0 aromatic heterocycles. The first-order valence-electron chi connectivity index (χ1n) is 4.14. The molecule has 1 rings (SSSR count). The second-order valence-corrected chi connectivity index (χ2v) is 5.66. The Balaban J connectivity index is 3.29. The van der Waals surface area contributed by atoms with Crippen molar-refractivity contribution in [1.82, 2.24) is 0 Å². The minimum Gasteiger partial charge on any atom is -0.321 e. The maximum Gasteiger partial charge on any atom is 0.367 e. The van der Waals surface area contributed by atoms with E-state index in [1.54, 1.807) is 0 Å². The summed E-state index contributed by atoms with van der Waals surface area (Å²) in [7, 11) is -4.55. The summed E-state index contributed by atoms with van der Waals surface area (Å²) in [5.41, 5.74) is 2.14. The fraction of sp³-hybridized carbons (Fsp3) is 0. The van der Waals surface area contributed by atoms with E-state index in [-0.39, 0.29) is 16.3 Å². The Morgan fingerprint density at radius 3 is 2.59 bits per heavy atom. The second-order valence-electron chi connectivity index (χ2n) is 3.01. The SMILES string of the molecule is NNc1cc(C=C(Cl)P(=O)(O)O)c(Cl)cc1F. The van der Waals surface area contributed by atoms with Gasteiger partial charge in [0.25, 0.3) is 0 Å². The van der Waals surface area contributed by atoms with Gasteiger partial charge in [-0.05, 0) is 23.8 Å². The molecule has 0 atom stereocenters. The highest BCUT2D eigenvalue weighted by Gasteiger charge is 2.19. The van der Waals surface area contributed by atoms with Gasteiger partial charge in [0.1, 0.15) is 10.6 Å².